The maximum Gasteiger partial charge on any atom is 0.103 e. The van der Waals surface area contributed by atoms with Crippen LogP contribution in [0, 0.1) is 23.2 Å². The summed E-state index contributed by atoms with van der Waals surface area (Å²) in [4.78, 5) is 2.31. The second-order valence-electron chi connectivity index (χ2n) is 5.75. The zero-order chi connectivity index (χ0) is 11.6. The van der Waals surface area contributed by atoms with E-state index in [1.54, 1.807) is 0 Å². The quantitative estimate of drug-likeness (QED) is 0.791. The van der Waals surface area contributed by atoms with Crippen molar-refractivity contribution in [2.24, 2.45) is 11.8 Å². The number of nitrogens with zero attached hydrogens (tertiary/aromatic N) is 2. The van der Waals surface area contributed by atoms with Crippen molar-refractivity contribution in [3.63, 3.8) is 0 Å². The molecule has 1 aliphatic carbocycles. The van der Waals surface area contributed by atoms with E-state index in [4.69, 9.17) is 5.26 Å². The van der Waals surface area contributed by atoms with Gasteiger partial charge in [0.2, 0.25) is 0 Å². The molecule has 0 aromatic heterocycles. The maximum atomic E-state index is 9.91. The Bertz CT molecular complexity index is 278. The normalized spacial score (nSPS) is 34.1. The van der Waals surface area contributed by atoms with Crippen molar-refractivity contribution < 1.29 is 5.11 Å². The summed E-state index contributed by atoms with van der Waals surface area (Å²) in [6.07, 6.45) is 5.74. The standard InChI is InChI=1S/C13H22N2O/c1-11-4-2-3-5-12(11)8-15-9-13(16,10-15)6-7-14/h11-12,16H,2-6,8-10H2,1H3/t11-,12-/m1/s1. The van der Waals surface area contributed by atoms with Crippen molar-refractivity contribution in [1.82, 2.24) is 4.90 Å². The molecule has 0 radical (unpaired) electrons. The van der Waals surface area contributed by atoms with E-state index >= 15 is 0 Å². The SMILES string of the molecule is C[C@@H]1CCCC[C@@H]1CN1CC(O)(CC#N)C1. The minimum absolute atomic E-state index is 0.281. The lowest BCUT2D eigenvalue weighted by atomic mass is 9.79. The van der Waals surface area contributed by atoms with Gasteiger partial charge in [-0.3, -0.25) is 4.90 Å². The van der Waals surface area contributed by atoms with Crippen LogP contribution in [-0.2, 0) is 0 Å². The van der Waals surface area contributed by atoms with Gasteiger partial charge in [-0.15, -0.1) is 0 Å². The number of aliphatic hydroxyl groups is 1. The largest absolute Gasteiger partial charge is 0.386 e. The van der Waals surface area contributed by atoms with Gasteiger partial charge in [0, 0.05) is 19.6 Å². The third-order valence-electron chi connectivity index (χ3n) is 4.23. The van der Waals surface area contributed by atoms with E-state index in [0.717, 1.165) is 18.4 Å². The van der Waals surface area contributed by atoms with Gasteiger partial charge < -0.3 is 5.11 Å². The number of β-amino-alcohol motifs (C(OH)–C–C–N with tert-alkyl or cyclic N) is 1. The zero-order valence-corrected chi connectivity index (χ0v) is 10.2. The third-order valence-corrected chi connectivity index (χ3v) is 4.23. The lowest BCUT2D eigenvalue weighted by Gasteiger charge is -2.47. The van der Waals surface area contributed by atoms with E-state index in [1.807, 2.05) is 0 Å². The molecule has 0 aromatic rings. The Morgan fingerprint density at radius 1 is 1.38 bits per heavy atom. The Balaban J connectivity index is 1.74. The minimum Gasteiger partial charge on any atom is -0.386 e. The molecular weight excluding hydrogens is 200 g/mol. The topological polar surface area (TPSA) is 47.3 Å². The fourth-order valence-electron chi connectivity index (χ4n) is 3.17. The Kier molecular flexibility index (Phi) is 3.51. The van der Waals surface area contributed by atoms with E-state index in [2.05, 4.69) is 17.9 Å². The molecule has 90 valence electrons. The van der Waals surface area contributed by atoms with E-state index in [9.17, 15) is 5.11 Å². The fraction of sp³-hybridized carbons (Fsp3) is 0.923. The average molecular weight is 222 g/mol. The summed E-state index contributed by atoms with van der Waals surface area (Å²) in [7, 11) is 0. The summed E-state index contributed by atoms with van der Waals surface area (Å²) in [5.74, 6) is 1.64. The number of rotatable bonds is 3. The molecule has 1 N–H and O–H groups in total. The molecule has 2 rings (SSSR count). The molecule has 2 atom stereocenters. The van der Waals surface area contributed by atoms with E-state index in [1.165, 1.54) is 25.7 Å². The van der Waals surface area contributed by atoms with Crippen LogP contribution in [0.1, 0.15) is 39.0 Å². The molecular formula is C13H22N2O. The summed E-state index contributed by atoms with van der Waals surface area (Å²) < 4.78 is 0. The second-order valence-corrected chi connectivity index (χ2v) is 5.75. The molecule has 0 unspecified atom stereocenters. The van der Waals surface area contributed by atoms with Gasteiger partial charge >= 0.3 is 0 Å². The Morgan fingerprint density at radius 2 is 2.06 bits per heavy atom. The molecule has 3 heteroatoms. The van der Waals surface area contributed by atoms with Crippen molar-refractivity contribution in [2.75, 3.05) is 19.6 Å². The van der Waals surface area contributed by atoms with Crippen LogP contribution in [0.5, 0.6) is 0 Å². The molecule has 2 fully saturated rings. The predicted molar refractivity (Wildman–Crippen MR) is 62.7 cm³/mol. The van der Waals surface area contributed by atoms with E-state index < -0.39 is 5.60 Å². The van der Waals surface area contributed by atoms with Gasteiger partial charge in [-0.05, 0) is 18.3 Å². The summed E-state index contributed by atoms with van der Waals surface area (Å²) in [5, 5.41) is 18.5. The lowest BCUT2D eigenvalue weighted by molar-refractivity contribution is -0.102. The summed E-state index contributed by atoms with van der Waals surface area (Å²) in [5.41, 5.74) is -0.702. The van der Waals surface area contributed by atoms with Crippen molar-refractivity contribution in [3.8, 4) is 6.07 Å². The van der Waals surface area contributed by atoms with Gasteiger partial charge in [0.25, 0.3) is 0 Å². The highest BCUT2D eigenvalue weighted by molar-refractivity contribution is 5.01. The number of hydrogen-bond donors (Lipinski definition) is 1. The Morgan fingerprint density at radius 3 is 2.69 bits per heavy atom. The van der Waals surface area contributed by atoms with Crippen LogP contribution in [0.3, 0.4) is 0 Å². The van der Waals surface area contributed by atoms with Gasteiger partial charge in [-0.25, -0.2) is 0 Å². The average Bonchev–Trinajstić information content (AvgIpc) is 2.19. The molecule has 0 bridgehead atoms. The first kappa shape index (κ1) is 11.9. The summed E-state index contributed by atoms with van der Waals surface area (Å²) in [6, 6.07) is 2.07. The smallest absolute Gasteiger partial charge is 0.103 e. The predicted octanol–water partition coefficient (Wildman–Crippen LogP) is 1.77. The first-order chi connectivity index (χ1) is 7.63. The molecule has 16 heavy (non-hydrogen) atoms. The van der Waals surface area contributed by atoms with Crippen LogP contribution >= 0.6 is 0 Å². The first-order valence-corrected chi connectivity index (χ1v) is 6.45. The van der Waals surface area contributed by atoms with Gasteiger partial charge in [0.15, 0.2) is 0 Å². The lowest BCUT2D eigenvalue weighted by Crippen LogP contribution is -2.62. The van der Waals surface area contributed by atoms with Gasteiger partial charge in [0.05, 0.1) is 12.5 Å². The summed E-state index contributed by atoms with van der Waals surface area (Å²) in [6.45, 7) is 4.87. The second kappa shape index (κ2) is 4.73. The van der Waals surface area contributed by atoms with Crippen LogP contribution in [-0.4, -0.2) is 35.2 Å². The molecule has 2 aliphatic rings. The minimum atomic E-state index is -0.702. The number of nitriles is 1. The van der Waals surface area contributed by atoms with Crippen molar-refractivity contribution in [3.05, 3.63) is 0 Å². The zero-order valence-electron chi connectivity index (χ0n) is 10.2. The van der Waals surface area contributed by atoms with Crippen LogP contribution < -0.4 is 0 Å². The third kappa shape index (κ3) is 2.56. The van der Waals surface area contributed by atoms with Gasteiger partial charge in [-0.2, -0.15) is 5.26 Å². The van der Waals surface area contributed by atoms with Crippen LogP contribution in [0.2, 0.25) is 0 Å². The molecule has 0 amide bonds. The van der Waals surface area contributed by atoms with Crippen molar-refractivity contribution in [1.29, 1.82) is 5.26 Å². The van der Waals surface area contributed by atoms with Gasteiger partial charge in [0.1, 0.15) is 5.60 Å². The molecule has 1 heterocycles. The highest BCUT2D eigenvalue weighted by atomic mass is 16.3. The number of hydrogen-bond acceptors (Lipinski definition) is 3. The van der Waals surface area contributed by atoms with Crippen LogP contribution in [0.15, 0.2) is 0 Å². The molecule has 1 saturated heterocycles. The van der Waals surface area contributed by atoms with E-state index in [-0.39, 0.29) is 6.42 Å². The van der Waals surface area contributed by atoms with Crippen molar-refractivity contribution >= 4 is 0 Å². The van der Waals surface area contributed by atoms with Crippen LogP contribution in [0.4, 0.5) is 0 Å². The molecule has 0 spiro atoms. The van der Waals surface area contributed by atoms with E-state index in [0.29, 0.717) is 13.1 Å². The Labute approximate surface area is 98.1 Å². The monoisotopic (exact) mass is 222 g/mol. The Hall–Kier alpha value is -0.590. The fourth-order valence-corrected chi connectivity index (χ4v) is 3.17. The summed E-state index contributed by atoms with van der Waals surface area (Å²) >= 11 is 0. The first-order valence-electron chi connectivity index (χ1n) is 6.45. The highest BCUT2D eigenvalue weighted by Gasteiger charge is 2.41. The van der Waals surface area contributed by atoms with Gasteiger partial charge in [-0.1, -0.05) is 26.2 Å². The molecule has 0 aromatic carbocycles. The maximum absolute atomic E-state index is 9.91. The van der Waals surface area contributed by atoms with Crippen LogP contribution in [0.25, 0.3) is 0 Å². The molecule has 3 nitrogen and oxygen atoms in total. The number of likely N-dealkylation sites (tertiary alicyclic amines) is 1. The molecule has 1 saturated carbocycles. The highest BCUT2D eigenvalue weighted by Crippen LogP contribution is 2.33. The molecule has 1 aliphatic heterocycles. The van der Waals surface area contributed by atoms with Crippen molar-refractivity contribution in [2.45, 2.75) is 44.6 Å².